The minimum Gasteiger partial charge on any atom is -0.277 e. The molecular formula is C9H18ClN5. The van der Waals surface area contributed by atoms with Crippen molar-refractivity contribution in [2.75, 3.05) is 13.1 Å². The Balaban J connectivity index is 2.48. The van der Waals surface area contributed by atoms with Crippen LogP contribution in [0.4, 0.5) is 0 Å². The predicted molar refractivity (Wildman–Crippen MR) is 64.0 cm³/mol. The van der Waals surface area contributed by atoms with Crippen molar-refractivity contribution in [1.82, 2.24) is 15.8 Å². The van der Waals surface area contributed by atoms with Gasteiger partial charge in [0.15, 0.2) is 6.29 Å². The number of nitrogens with one attached hydrogen (secondary N) is 2. The third kappa shape index (κ3) is 4.15. The maximum Gasteiger partial charge on any atom is 0.222 e. The second-order valence-corrected chi connectivity index (χ2v) is 3.62. The highest BCUT2D eigenvalue weighted by atomic mass is 35.5. The first-order chi connectivity index (χ1) is 7.27. The molecule has 86 valence electrons. The first kappa shape index (κ1) is 12.4. The van der Waals surface area contributed by atoms with Gasteiger partial charge in [-0.05, 0) is 31.0 Å². The van der Waals surface area contributed by atoms with Gasteiger partial charge in [-0.2, -0.15) is 0 Å². The van der Waals surface area contributed by atoms with Crippen LogP contribution in [0, 0.1) is 0 Å². The maximum atomic E-state index is 5.75. The van der Waals surface area contributed by atoms with Gasteiger partial charge in [0.25, 0.3) is 0 Å². The lowest BCUT2D eigenvalue weighted by Crippen LogP contribution is -2.52. The minimum absolute atomic E-state index is 0.151. The van der Waals surface area contributed by atoms with Crippen LogP contribution in [-0.4, -0.2) is 36.0 Å². The summed E-state index contributed by atoms with van der Waals surface area (Å²) < 4.78 is 0. The molecule has 0 aromatic heterocycles. The molecule has 1 rings (SSSR count). The summed E-state index contributed by atoms with van der Waals surface area (Å²) >= 11 is 5.75. The third-order valence-corrected chi connectivity index (χ3v) is 2.10. The Labute approximate surface area is 95.6 Å². The van der Waals surface area contributed by atoms with Crippen molar-refractivity contribution in [3.8, 4) is 0 Å². The van der Waals surface area contributed by atoms with Crippen molar-refractivity contribution in [2.24, 2.45) is 9.98 Å². The Morgan fingerprint density at radius 1 is 1.40 bits per heavy atom. The van der Waals surface area contributed by atoms with Gasteiger partial charge >= 0.3 is 0 Å². The molecule has 15 heavy (non-hydrogen) atoms. The molecule has 6 heteroatoms. The number of rotatable bonds is 6. The molecule has 0 amide bonds. The van der Waals surface area contributed by atoms with Crippen LogP contribution in [0.3, 0.4) is 0 Å². The third-order valence-electron chi connectivity index (χ3n) is 1.90. The van der Waals surface area contributed by atoms with E-state index >= 15 is 0 Å². The lowest BCUT2D eigenvalue weighted by Gasteiger charge is -2.29. The summed E-state index contributed by atoms with van der Waals surface area (Å²) in [6.07, 6.45) is 3.63. The smallest absolute Gasteiger partial charge is 0.222 e. The summed E-state index contributed by atoms with van der Waals surface area (Å²) in [5.74, 6) is 0. The average molecular weight is 232 g/mol. The van der Waals surface area contributed by atoms with Crippen LogP contribution < -0.4 is 10.7 Å². The molecule has 0 aromatic carbocycles. The Kier molecular flexibility index (Phi) is 5.60. The van der Waals surface area contributed by atoms with Gasteiger partial charge in [-0.3, -0.25) is 10.3 Å². The number of halogens is 1. The van der Waals surface area contributed by atoms with Crippen molar-refractivity contribution >= 4 is 23.2 Å². The summed E-state index contributed by atoms with van der Waals surface area (Å²) in [7, 11) is 0. The second-order valence-electron chi connectivity index (χ2n) is 3.29. The van der Waals surface area contributed by atoms with Gasteiger partial charge in [0.1, 0.15) is 6.34 Å². The largest absolute Gasteiger partial charge is 0.277 e. The molecule has 5 nitrogen and oxygen atoms in total. The van der Waals surface area contributed by atoms with E-state index in [4.69, 9.17) is 11.6 Å². The molecule has 0 saturated heterocycles. The first-order valence-corrected chi connectivity index (χ1v) is 5.68. The van der Waals surface area contributed by atoms with Crippen LogP contribution in [0.2, 0.25) is 0 Å². The van der Waals surface area contributed by atoms with Crippen molar-refractivity contribution in [3.05, 3.63) is 0 Å². The van der Waals surface area contributed by atoms with E-state index in [-0.39, 0.29) is 11.6 Å². The van der Waals surface area contributed by atoms with Gasteiger partial charge in [0.2, 0.25) is 5.29 Å². The monoisotopic (exact) mass is 231 g/mol. The van der Waals surface area contributed by atoms with Crippen LogP contribution in [-0.2, 0) is 0 Å². The highest BCUT2D eigenvalue weighted by Gasteiger charge is 2.17. The van der Waals surface area contributed by atoms with E-state index in [9.17, 15) is 0 Å². The summed E-state index contributed by atoms with van der Waals surface area (Å²) in [4.78, 5) is 8.13. The quantitative estimate of drug-likeness (QED) is 0.674. The zero-order chi connectivity index (χ0) is 11.1. The van der Waals surface area contributed by atoms with Gasteiger partial charge in [0.05, 0.1) is 0 Å². The van der Waals surface area contributed by atoms with Crippen molar-refractivity contribution in [2.45, 2.75) is 33.0 Å². The fourth-order valence-corrected chi connectivity index (χ4v) is 1.29. The highest BCUT2D eigenvalue weighted by Crippen LogP contribution is 2.02. The first-order valence-electron chi connectivity index (χ1n) is 5.30. The second kappa shape index (κ2) is 6.76. The Morgan fingerprint density at radius 3 is 2.80 bits per heavy atom. The molecule has 1 unspecified atom stereocenters. The summed E-state index contributed by atoms with van der Waals surface area (Å²) in [6.45, 7) is 6.01. The lowest BCUT2D eigenvalue weighted by atomic mass is 10.5. The molecule has 0 aromatic rings. The number of hydrogen-bond donors (Lipinski definition) is 2. The van der Waals surface area contributed by atoms with E-state index in [0.717, 1.165) is 25.9 Å². The molecule has 0 fully saturated rings. The van der Waals surface area contributed by atoms with Gasteiger partial charge < -0.3 is 0 Å². The van der Waals surface area contributed by atoms with Gasteiger partial charge in [-0.15, -0.1) is 0 Å². The van der Waals surface area contributed by atoms with E-state index < -0.39 is 0 Å². The van der Waals surface area contributed by atoms with Crippen LogP contribution in [0.1, 0.15) is 26.7 Å². The van der Waals surface area contributed by atoms with Gasteiger partial charge in [-0.1, -0.05) is 13.8 Å². The molecule has 0 aliphatic carbocycles. The molecule has 1 atom stereocenters. The summed E-state index contributed by atoms with van der Waals surface area (Å²) in [5.41, 5.74) is 3.21. The van der Waals surface area contributed by atoms with Crippen molar-refractivity contribution < 1.29 is 0 Å². The zero-order valence-corrected chi connectivity index (χ0v) is 9.96. The molecule has 2 N–H and O–H groups in total. The van der Waals surface area contributed by atoms with Crippen LogP contribution in [0.5, 0.6) is 0 Å². The molecule has 1 aliphatic heterocycles. The number of amidine groups is 1. The molecule has 0 radical (unpaired) electrons. The van der Waals surface area contributed by atoms with Gasteiger partial charge in [-0.25, -0.2) is 15.4 Å². The minimum atomic E-state index is -0.151. The number of nitrogens with zero attached hydrogens (tertiary/aromatic N) is 3. The molecule has 1 aliphatic rings. The molecular weight excluding hydrogens is 214 g/mol. The SMILES string of the molecule is CCCNC1N=C(Cl)N=CN1NCCC. The van der Waals surface area contributed by atoms with Crippen molar-refractivity contribution in [3.63, 3.8) is 0 Å². The van der Waals surface area contributed by atoms with E-state index in [2.05, 4.69) is 34.6 Å². The number of hydrazine groups is 1. The fourth-order valence-electron chi connectivity index (χ4n) is 1.16. The summed E-state index contributed by atoms with van der Waals surface area (Å²) in [6, 6.07) is 0. The van der Waals surface area contributed by atoms with Crippen LogP contribution >= 0.6 is 11.6 Å². The normalized spacial score (nSPS) is 20.6. The number of aliphatic imine (C=N–C) groups is 2. The van der Waals surface area contributed by atoms with Crippen molar-refractivity contribution in [1.29, 1.82) is 0 Å². The highest BCUT2D eigenvalue weighted by molar-refractivity contribution is 6.65. The van der Waals surface area contributed by atoms with E-state index in [1.54, 1.807) is 6.34 Å². The Morgan fingerprint density at radius 2 is 2.13 bits per heavy atom. The van der Waals surface area contributed by atoms with Gasteiger partial charge in [0, 0.05) is 6.54 Å². The molecule has 0 saturated carbocycles. The average Bonchev–Trinajstić information content (AvgIpc) is 2.25. The number of hydrogen-bond acceptors (Lipinski definition) is 5. The summed E-state index contributed by atoms with van der Waals surface area (Å²) in [5, 5.41) is 5.39. The van der Waals surface area contributed by atoms with Crippen LogP contribution in [0.25, 0.3) is 0 Å². The van der Waals surface area contributed by atoms with E-state index in [1.165, 1.54) is 0 Å². The Bertz CT molecular complexity index is 241. The lowest BCUT2D eigenvalue weighted by molar-refractivity contribution is 0.205. The fraction of sp³-hybridized carbons (Fsp3) is 0.778. The van der Waals surface area contributed by atoms with Crippen LogP contribution in [0.15, 0.2) is 9.98 Å². The van der Waals surface area contributed by atoms with E-state index in [1.807, 2.05) is 5.01 Å². The zero-order valence-electron chi connectivity index (χ0n) is 9.20. The molecule has 1 heterocycles. The standard InChI is InChI=1S/C9H18ClN5/c1-3-5-11-9-14-8(10)12-7-15(9)13-6-4-2/h7,9,11,13H,3-6H2,1-2H3. The van der Waals surface area contributed by atoms with E-state index in [0.29, 0.717) is 0 Å². The maximum absolute atomic E-state index is 5.75. The predicted octanol–water partition coefficient (Wildman–Crippen LogP) is 1.12. The topological polar surface area (TPSA) is 52.0 Å². The molecule has 0 spiro atoms. The Hall–Kier alpha value is -0.650. The molecule has 0 bridgehead atoms.